The van der Waals surface area contributed by atoms with E-state index in [9.17, 15) is 0 Å². The number of pyridine rings is 2. The lowest BCUT2D eigenvalue weighted by atomic mass is 9.98. The van der Waals surface area contributed by atoms with Crippen LogP contribution in [0.3, 0.4) is 0 Å². The number of fused-ring (bicyclic) bond motifs is 2. The monoisotopic (exact) mass is 452 g/mol. The summed E-state index contributed by atoms with van der Waals surface area (Å²) in [7, 11) is 0. The normalized spacial score (nSPS) is 11.1. The van der Waals surface area contributed by atoms with Crippen molar-refractivity contribution in [3.63, 3.8) is 0 Å². The van der Waals surface area contributed by atoms with Crippen molar-refractivity contribution in [2.75, 3.05) is 11.1 Å². The van der Waals surface area contributed by atoms with Gasteiger partial charge in [0.05, 0.1) is 0 Å². The third-order valence-corrected chi connectivity index (χ3v) is 6.37. The SMILES string of the molecule is Cc1ccc(-c2ccc(Nc3ccc(-c4cc(N)cc5ccccc45)cn3)c3ccccc23)cn1. The molecule has 6 rings (SSSR count). The Morgan fingerprint density at radius 1 is 0.629 bits per heavy atom. The molecule has 4 nitrogen and oxygen atoms in total. The number of aryl methyl sites for hydroxylation is 1. The van der Waals surface area contributed by atoms with Gasteiger partial charge in [0.1, 0.15) is 5.82 Å². The van der Waals surface area contributed by atoms with Crippen molar-refractivity contribution in [3.05, 3.63) is 115 Å². The fourth-order valence-electron chi connectivity index (χ4n) is 4.62. The van der Waals surface area contributed by atoms with Crippen molar-refractivity contribution in [1.82, 2.24) is 9.97 Å². The van der Waals surface area contributed by atoms with Gasteiger partial charge in [-0.25, -0.2) is 4.98 Å². The van der Waals surface area contributed by atoms with Gasteiger partial charge in [-0.15, -0.1) is 0 Å². The third kappa shape index (κ3) is 3.96. The van der Waals surface area contributed by atoms with E-state index in [0.29, 0.717) is 0 Å². The first kappa shape index (κ1) is 20.9. The van der Waals surface area contributed by atoms with Gasteiger partial charge in [-0.2, -0.15) is 0 Å². The molecule has 0 spiro atoms. The number of nitrogens with zero attached hydrogens (tertiary/aromatic N) is 2. The highest BCUT2D eigenvalue weighted by atomic mass is 15.0. The Labute approximate surface area is 204 Å². The van der Waals surface area contributed by atoms with E-state index in [1.807, 2.05) is 55.7 Å². The van der Waals surface area contributed by atoms with Gasteiger partial charge in [0, 0.05) is 46.0 Å². The highest BCUT2D eigenvalue weighted by Crippen LogP contribution is 2.35. The van der Waals surface area contributed by atoms with Crippen LogP contribution < -0.4 is 11.1 Å². The summed E-state index contributed by atoms with van der Waals surface area (Å²) >= 11 is 0. The van der Waals surface area contributed by atoms with Gasteiger partial charge in [-0.3, -0.25) is 4.98 Å². The molecule has 0 saturated carbocycles. The van der Waals surface area contributed by atoms with Gasteiger partial charge in [0.25, 0.3) is 0 Å². The minimum atomic E-state index is 0.747. The van der Waals surface area contributed by atoms with Crippen LogP contribution in [0.15, 0.2) is 109 Å². The Morgan fingerprint density at radius 2 is 1.34 bits per heavy atom. The van der Waals surface area contributed by atoms with Crippen LogP contribution in [-0.4, -0.2) is 9.97 Å². The lowest BCUT2D eigenvalue weighted by molar-refractivity contribution is 1.20. The predicted molar refractivity (Wildman–Crippen MR) is 147 cm³/mol. The molecule has 2 aromatic heterocycles. The van der Waals surface area contributed by atoms with Crippen LogP contribution in [0.25, 0.3) is 43.8 Å². The van der Waals surface area contributed by atoms with E-state index in [-0.39, 0.29) is 0 Å². The van der Waals surface area contributed by atoms with Crippen molar-refractivity contribution in [2.45, 2.75) is 6.92 Å². The molecule has 3 N–H and O–H groups in total. The van der Waals surface area contributed by atoms with Gasteiger partial charge in [-0.1, -0.05) is 60.7 Å². The van der Waals surface area contributed by atoms with Gasteiger partial charge in [-0.05, 0) is 70.6 Å². The zero-order valence-electron chi connectivity index (χ0n) is 19.4. The van der Waals surface area contributed by atoms with Crippen LogP contribution >= 0.6 is 0 Å². The van der Waals surface area contributed by atoms with E-state index in [0.717, 1.165) is 61.3 Å². The summed E-state index contributed by atoms with van der Waals surface area (Å²) in [5, 5.41) is 8.11. The summed E-state index contributed by atoms with van der Waals surface area (Å²) in [4.78, 5) is 9.20. The van der Waals surface area contributed by atoms with Gasteiger partial charge in [0.2, 0.25) is 0 Å². The predicted octanol–water partition coefficient (Wildman–Crippen LogP) is 7.75. The standard InChI is InChI=1S/C31H24N4/c1-20-10-11-22(18-33-20)26-13-14-30(28-9-5-4-8-27(26)28)35-31-15-12-23(19-34-31)29-17-24(32)16-21-6-2-3-7-25(21)29/h2-19H,32H2,1H3,(H,34,35). The maximum Gasteiger partial charge on any atom is 0.130 e. The van der Waals surface area contributed by atoms with Crippen LogP contribution in [0.4, 0.5) is 17.2 Å². The molecule has 0 saturated heterocycles. The van der Waals surface area contributed by atoms with Crippen LogP contribution in [0.2, 0.25) is 0 Å². The maximum atomic E-state index is 6.17. The topological polar surface area (TPSA) is 63.8 Å². The number of nitrogens with one attached hydrogen (secondary N) is 1. The Kier molecular flexibility index (Phi) is 5.12. The second-order valence-corrected chi connectivity index (χ2v) is 8.74. The Morgan fingerprint density at radius 3 is 2.11 bits per heavy atom. The molecule has 35 heavy (non-hydrogen) atoms. The Balaban J connectivity index is 1.35. The van der Waals surface area contributed by atoms with Crippen molar-refractivity contribution >= 4 is 38.7 Å². The van der Waals surface area contributed by atoms with E-state index in [4.69, 9.17) is 10.7 Å². The highest BCUT2D eigenvalue weighted by Gasteiger charge is 2.10. The summed E-state index contributed by atoms with van der Waals surface area (Å²) in [6.07, 6.45) is 3.84. The van der Waals surface area contributed by atoms with E-state index < -0.39 is 0 Å². The first-order valence-electron chi connectivity index (χ1n) is 11.6. The number of aromatic nitrogens is 2. The van der Waals surface area contributed by atoms with Crippen molar-refractivity contribution < 1.29 is 0 Å². The molecule has 4 aromatic carbocycles. The lowest BCUT2D eigenvalue weighted by Gasteiger charge is -2.14. The second kappa shape index (κ2) is 8.58. The molecule has 0 aliphatic carbocycles. The van der Waals surface area contributed by atoms with Gasteiger partial charge in [0.15, 0.2) is 0 Å². The molecular weight excluding hydrogens is 428 g/mol. The number of hydrogen-bond donors (Lipinski definition) is 2. The van der Waals surface area contributed by atoms with E-state index in [1.165, 1.54) is 5.39 Å². The van der Waals surface area contributed by atoms with E-state index in [1.54, 1.807) is 0 Å². The Bertz CT molecular complexity index is 1670. The molecule has 0 radical (unpaired) electrons. The Hall–Kier alpha value is -4.70. The van der Waals surface area contributed by atoms with Gasteiger partial charge < -0.3 is 11.1 Å². The summed E-state index contributed by atoms with van der Waals surface area (Å²) in [6.45, 7) is 2.00. The average molecular weight is 453 g/mol. The van der Waals surface area contributed by atoms with Crippen LogP contribution in [0, 0.1) is 6.92 Å². The summed E-state index contributed by atoms with van der Waals surface area (Å²) in [6, 6.07) is 33.2. The molecule has 0 amide bonds. The minimum Gasteiger partial charge on any atom is -0.399 e. The third-order valence-electron chi connectivity index (χ3n) is 6.37. The van der Waals surface area contributed by atoms with Crippen LogP contribution in [-0.2, 0) is 0 Å². The molecule has 0 aliphatic rings. The molecule has 2 heterocycles. The molecule has 0 bridgehead atoms. The zero-order chi connectivity index (χ0) is 23.8. The van der Waals surface area contributed by atoms with Gasteiger partial charge >= 0.3 is 0 Å². The molecule has 0 aliphatic heterocycles. The van der Waals surface area contributed by atoms with Crippen LogP contribution in [0.1, 0.15) is 5.69 Å². The average Bonchev–Trinajstić information content (AvgIpc) is 2.89. The van der Waals surface area contributed by atoms with Crippen molar-refractivity contribution in [2.24, 2.45) is 0 Å². The number of nitrogens with two attached hydrogens (primary N) is 1. The first-order valence-corrected chi connectivity index (χ1v) is 11.6. The number of hydrogen-bond acceptors (Lipinski definition) is 4. The van der Waals surface area contributed by atoms with E-state index >= 15 is 0 Å². The molecule has 0 unspecified atom stereocenters. The summed E-state index contributed by atoms with van der Waals surface area (Å²) in [5.41, 5.74) is 13.3. The summed E-state index contributed by atoms with van der Waals surface area (Å²) < 4.78 is 0. The van der Waals surface area contributed by atoms with E-state index in [2.05, 4.69) is 71.0 Å². The molecule has 0 fully saturated rings. The van der Waals surface area contributed by atoms with Crippen molar-refractivity contribution in [1.29, 1.82) is 0 Å². The first-order chi connectivity index (χ1) is 17.2. The highest BCUT2D eigenvalue weighted by molar-refractivity contribution is 6.04. The number of anilines is 3. The molecule has 0 atom stereocenters. The number of benzene rings is 4. The maximum absolute atomic E-state index is 6.17. The zero-order valence-corrected chi connectivity index (χ0v) is 19.4. The molecule has 168 valence electrons. The van der Waals surface area contributed by atoms with Crippen LogP contribution in [0.5, 0.6) is 0 Å². The number of rotatable bonds is 4. The van der Waals surface area contributed by atoms with Crippen molar-refractivity contribution in [3.8, 4) is 22.3 Å². The smallest absolute Gasteiger partial charge is 0.130 e. The fourth-order valence-corrected chi connectivity index (χ4v) is 4.62. The fraction of sp³-hybridized carbons (Fsp3) is 0.0323. The molecule has 6 aromatic rings. The quantitative estimate of drug-likeness (QED) is 0.268. The lowest BCUT2D eigenvalue weighted by Crippen LogP contribution is -1.96. The largest absolute Gasteiger partial charge is 0.399 e. The number of nitrogen functional groups attached to an aromatic ring is 1. The summed E-state index contributed by atoms with van der Waals surface area (Å²) in [5.74, 6) is 0.789. The minimum absolute atomic E-state index is 0.747. The molecular formula is C31H24N4. The molecule has 4 heteroatoms. The second-order valence-electron chi connectivity index (χ2n) is 8.74.